The van der Waals surface area contributed by atoms with Crippen molar-refractivity contribution in [2.24, 2.45) is 0 Å². The van der Waals surface area contributed by atoms with E-state index in [1.165, 1.54) is 4.90 Å². The zero-order valence-electron chi connectivity index (χ0n) is 8.43. The fourth-order valence-electron chi connectivity index (χ4n) is 1.19. The van der Waals surface area contributed by atoms with Gasteiger partial charge in [0.1, 0.15) is 11.6 Å². The Bertz CT molecular complexity index is 414. The average Bonchev–Trinajstić information content (AvgIpc) is 2.79. The highest BCUT2D eigenvalue weighted by Crippen LogP contribution is 2.23. The molecule has 2 heterocycles. The first-order valence-electron chi connectivity index (χ1n) is 4.67. The van der Waals surface area contributed by atoms with E-state index in [0.29, 0.717) is 0 Å². The first-order valence-corrected chi connectivity index (χ1v) is 5.66. The Hall–Kier alpha value is -1.42. The number of rotatable bonds is 4. The van der Waals surface area contributed by atoms with Crippen LogP contribution in [0.1, 0.15) is 5.76 Å². The molecule has 4 heteroatoms. The molecule has 3 nitrogen and oxygen atoms in total. The fraction of sp³-hybridized carbons (Fsp3) is 0.182. The van der Waals surface area contributed by atoms with Crippen molar-refractivity contribution in [1.82, 2.24) is 4.98 Å². The molecule has 0 unspecified atom stereocenters. The highest BCUT2D eigenvalue weighted by molar-refractivity contribution is 7.98. The predicted molar refractivity (Wildman–Crippen MR) is 62.1 cm³/mol. The molecule has 15 heavy (non-hydrogen) atoms. The smallest absolute Gasteiger partial charge is 0.126 e. The number of anilines is 1. The van der Waals surface area contributed by atoms with Gasteiger partial charge in [-0.3, -0.25) is 0 Å². The first-order chi connectivity index (χ1) is 7.38. The molecule has 0 bridgehead atoms. The van der Waals surface area contributed by atoms with E-state index in [2.05, 4.69) is 10.3 Å². The maximum absolute atomic E-state index is 5.26. The van der Waals surface area contributed by atoms with Gasteiger partial charge in [-0.2, -0.15) is 0 Å². The maximum atomic E-state index is 5.26. The third-order valence-electron chi connectivity index (χ3n) is 1.95. The van der Waals surface area contributed by atoms with E-state index in [-0.39, 0.29) is 0 Å². The molecule has 78 valence electrons. The van der Waals surface area contributed by atoms with Crippen molar-refractivity contribution in [2.75, 3.05) is 12.4 Å². The van der Waals surface area contributed by atoms with Crippen LogP contribution in [0.25, 0.3) is 0 Å². The number of pyridine rings is 1. The molecule has 0 amide bonds. The minimum atomic E-state index is 0.847. The summed E-state index contributed by atoms with van der Waals surface area (Å²) in [6.45, 7) is 0. The molecule has 2 aromatic heterocycles. The van der Waals surface area contributed by atoms with Crippen molar-refractivity contribution in [3.05, 3.63) is 42.5 Å². The van der Waals surface area contributed by atoms with Crippen LogP contribution in [-0.2, 0) is 5.75 Å². The number of aromatic nitrogens is 1. The highest BCUT2D eigenvalue weighted by Gasteiger charge is 1.99. The van der Waals surface area contributed by atoms with Gasteiger partial charge >= 0.3 is 0 Å². The Kier molecular flexibility index (Phi) is 3.29. The van der Waals surface area contributed by atoms with Gasteiger partial charge in [0.15, 0.2) is 0 Å². The molecule has 0 aromatic carbocycles. The van der Waals surface area contributed by atoms with E-state index < -0.39 is 0 Å². The van der Waals surface area contributed by atoms with Crippen LogP contribution in [0, 0.1) is 0 Å². The molecule has 2 rings (SSSR count). The van der Waals surface area contributed by atoms with E-state index in [0.717, 1.165) is 17.3 Å². The molecule has 0 aliphatic heterocycles. The second kappa shape index (κ2) is 4.89. The highest BCUT2D eigenvalue weighted by atomic mass is 32.2. The van der Waals surface area contributed by atoms with Gasteiger partial charge in [-0.1, -0.05) is 0 Å². The maximum Gasteiger partial charge on any atom is 0.126 e. The summed E-state index contributed by atoms with van der Waals surface area (Å²) in [5, 5.41) is 3.01. The fourth-order valence-corrected chi connectivity index (χ4v) is 2.01. The van der Waals surface area contributed by atoms with Crippen LogP contribution in [-0.4, -0.2) is 12.0 Å². The summed E-state index contributed by atoms with van der Waals surface area (Å²) >= 11 is 1.73. The normalized spacial score (nSPS) is 10.2. The second-order valence-corrected chi connectivity index (χ2v) is 4.04. The lowest BCUT2D eigenvalue weighted by molar-refractivity contribution is 0.530. The van der Waals surface area contributed by atoms with Crippen molar-refractivity contribution in [3.8, 4) is 0 Å². The van der Waals surface area contributed by atoms with Gasteiger partial charge in [-0.15, -0.1) is 11.8 Å². The van der Waals surface area contributed by atoms with Crippen LogP contribution in [0.5, 0.6) is 0 Å². The Morgan fingerprint density at radius 2 is 2.40 bits per heavy atom. The number of furan rings is 1. The molecule has 1 N–H and O–H groups in total. The van der Waals surface area contributed by atoms with E-state index in [4.69, 9.17) is 4.42 Å². The van der Waals surface area contributed by atoms with Gasteiger partial charge in [0.2, 0.25) is 0 Å². The molecular formula is C11H12N2OS. The molecule has 2 aromatic rings. The lowest BCUT2D eigenvalue weighted by Crippen LogP contribution is -1.90. The Morgan fingerprint density at radius 1 is 1.47 bits per heavy atom. The third kappa shape index (κ3) is 2.76. The zero-order valence-corrected chi connectivity index (χ0v) is 9.25. The van der Waals surface area contributed by atoms with Gasteiger partial charge in [0.25, 0.3) is 0 Å². The summed E-state index contributed by atoms with van der Waals surface area (Å²) in [5.41, 5.74) is 0. The molecule has 0 aliphatic carbocycles. The minimum Gasteiger partial charge on any atom is -0.468 e. The van der Waals surface area contributed by atoms with E-state index in [1.807, 2.05) is 31.3 Å². The number of hydrogen-bond donors (Lipinski definition) is 1. The monoisotopic (exact) mass is 220 g/mol. The van der Waals surface area contributed by atoms with Crippen molar-refractivity contribution < 1.29 is 4.42 Å². The van der Waals surface area contributed by atoms with Crippen LogP contribution >= 0.6 is 11.8 Å². The predicted octanol–water partition coefficient (Wildman–Crippen LogP) is 3.01. The summed E-state index contributed by atoms with van der Waals surface area (Å²) < 4.78 is 5.26. The Labute approximate surface area is 92.9 Å². The number of nitrogens with zero attached hydrogens (tertiary/aromatic N) is 1. The van der Waals surface area contributed by atoms with E-state index in [1.54, 1.807) is 24.2 Å². The van der Waals surface area contributed by atoms with Crippen molar-refractivity contribution in [1.29, 1.82) is 0 Å². The molecule has 0 atom stereocenters. The number of nitrogens with one attached hydrogen (secondary N) is 1. The molecule has 0 aliphatic rings. The van der Waals surface area contributed by atoms with Crippen molar-refractivity contribution in [3.63, 3.8) is 0 Å². The van der Waals surface area contributed by atoms with Crippen LogP contribution in [0.3, 0.4) is 0 Å². The zero-order chi connectivity index (χ0) is 10.5. The summed E-state index contributed by atoms with van der Waals surface area (Å²) in [4.78, 5) is 5.34. The van der Waals surface area contributed by atoms with Crippen molar-refractivity contribution >= 4 is 17.6 Å². The van der Waals surface area contributed by atoms with Crippen LogP contribution < -0.4 is 5.32 Å². The second-order valence-electron chi connectivity index (χ2n) is 2.99. The summed E-state index contributed by atoms with van der Waals surface area (Å²) in [6, 6.07) is 7.90. The lowest BCUT2D eigenvalue weighted by Gasteiger charge is -2.02. The van der Waals surface area contributed by atoms with Crippen LogP contribution in [0.4, 0.5) is 5.82 Å². The summed E-state index contributed by atoms with van der Waals surface area (Å²) in [5.74, 6) is 2.72. The quantitative estimate of drug-likeness (QED) is 0.804. The summed E-state index contributed by atoms with van der Waals surface area (Å²) in [7, 11) is 1.86. The molecule has 0 fully saturated rings. The van der Waals surface area contributed by atoms with E-state index >= 15 is 0 Å². The molecule has 0 saturated carbocycles. The standard InChI is InChI=1S/C11H12N2OS/c1-12-11-7-10(4-5-13-11)15-8-9-3-2-6-14-9/h2-7H,8H2,1H3,(H,12,13). The SMILES string of the molecule is CNc1cc(SCc2ccco2)ccn1. The van der Waals surface area contributed by atoms with Gasteiger partial charge < -0.3 is 9.73 Å². The Balaban J connectivity index is 1.98. The lowest BCUT2D eigenvalue weighted by atomic mass is 10.5. The van der Waals surface area contributed by atoms with Crippen molar-refractivity contribution in [2.45, 2.75) is 10.6 Å². The molecular weight excluding hydrogens is 208 g/mol. The van der Waals surface area contributed by atoms with Crippen LogP contribution in [0.2, 0.25) is 0 Å². The Morgan fingerprint density at radius 3 is 3.13 bits per heavy atom. The van der Waals surface area contributed by atoms with Gasteiger partial charge in [-0.05, 0) is 24.3 Å². The summed E-state index contributed by atoms with van der Waals surface area (Å²) in [6.07, 6.45) is 3.50. The van der Waals surface area contributed by atoms with Gasteiger partial charge in [0, 0.05) is 18.1 Å². The molecule has 0 spiro atoms. The third-order valence-corrected chi connectivity index (χ3v) is 2.96. The first kappa shape index (κ1) is 10.1. The minimum absolute atomic E-state index is 0.847. The topological polar surface area (TPSA) is 38.1 Å². The van der Waals surface area contributed by atoms with Gasteiger partial charge in [-0.25, -0.2) is 4.98 Å². The molecule has 0 radical (unpaired) electrons. The number of hydrogen-bond acceptors (Lipinski definition) is 4. The molecule has 0 saturated heterocycles. The van der Waals surface area contributed by atoms with Crippen LogP contribution in [0.15, 0.2) is 46.0 Å². The largest absolute Gasteiger partial charge is 0.468 e. The number of thioether (sulfide) groups is 1. The average molecular weight is 220 g/mol. The van der Waals surface area contributed by atoms with Gasteiger partial charge in [0.05, 0.1) is 12.0 Å². The van der Waals surface area contributed by atoms with E-state index in [9.17, 15) is 0 Å².